The van der Waals surface area contributed by atoms with Crippen LogP contribution in [0.15, 0.2) is 24.3 Å². The molecule has 4 nitrogen and oxygen atoms in total. The van der Waals surface area contributed by atoms with Gasteiger partial charge in [-0.05, 0) is 55.8 Å². The third-order valence-corrected chi connectivity index (χ3v) is 5.17. The van der Waals surface area contributed by atoms with Crippen LogP contribution < -0.4 is 10.1 Å². The van der Waals surface area contributed by atoms with Crippen molar-refractivity contribution >= 4 is 5.91 Å². The summed E-state index contributed by atoms with van der Waals surface area (Å²) >= 11 is 0. The largest absolute Gasteiger partial charge is 0.496 e. The van der Waals surface area contributed by atoms with Crippen LogP contribution in [0.1, 0.15) is 24.8 Å². The Morgan fingerprint density at radius 2 is 1.91 bits per heavy atom. The molecule has 3 rings (SSSR count). The normalized spacial score (nSPS) is 24.7. The molecule has 120 valence electrons. The van der Waals surface area contributed by atoms with Crippen molar-refractivity contribution in [2.24, 2.45) is 11.8 Å². The highest BCUT2D eigenvalue weighted by molar-refractivity contribution is 5.76. The maximum atomic E-state index is 12.5. The fraction of sp³-hybridized carbons (Fsp3) is 0.611. The number of fused-ring (bicyclic) bond motifs is 1. The van der Waals surface area contributed by atoms with Gasteiger partial charge in [0.2, 0.25) is 5.91 Å². The highest BCUT2D eigenvalue weighted by Crippen LogP contribution is 2.27. The molecule has 0 radical (unpaired) electrons. The van der Waals surface area contributed by atoms with Crippen LogP contribution in [0.2, 0.25) is 0 Å². The number of nitrogens with one attached hydrogen (secondary N) is 1. The van der Waals surface area contributed by atoms with E-state index in [0.29, 0.717) is 12.3 Å². The van der Waals surface area contributed by atoms with Gasteiger partial charge >= 0.3 is 0 Å². The van der Waals surface area contributed by atoms with E-state index in [9.17, 15) is 4.79 Å². The summed E-state index contributed by atoms with van der Waals surface area (Å²) in [5.74, 6) is 2.71. The van der Waals surface area contributed by atoms with Crippen LogP contribution in [0.25, 0.3) is 0 Å². The number of amides is 1. The molecule has 22 heavy (non-hydrogen) atoms. The van der Waals surface area contributed by atoms with E-state index in [2.05, 4.69) is 10.2 Å². The van der Waals surface area contributed by atoms with E-state index in [1.807, 2.05) is 24.3 Å². The predicted molar refractivity (Wildman–Crippen MR) is 87.0 cm³/mol. The fourth-order valence-corrected chi connectivity index (χ4v) is 3.78. The summed E-state index contributed by atoms with van der Waals surface area (Å²) in [6.07, 6.45) is 3.64. The summed E-state index contributed by atoms with van der Waals surface area (Å²) in [5, 5.41) is 3.48. The van der Waals surface area contributed by atoms with Gasteiger partial charge in [-0.3, -0.25) is 4.79 Å². The van der Waals surface area contributed by atoms with E-state index >= 15 is 0 Å². The monoisotopic (exact) mass is 302 g/mol. The summed E-state index contributed by atoms with van der Waals surface area (Å²) in [5.41, 5.74) is 1.12. The lowest BCUT2D eigenvalue weighted by atomic mass is 9.92. The first-order chi connectivity index (χ1) is 10.8. The predicted octanol–water partition coefficient (Wildman–Crippen LogP) is 2.09. The van der Waals surface area contributed by atoms with Crippen molar-refractivity contribution in [1.29, 1.82) is 0 Å². The number of nitrogens with zero attached hydrogens (tertiary/aromatic N) is 1. The maximum Gasteiger partial charge on any atom is 0.222 e. The number of benzene rings is 1. The third kappa shape index (κ3) is 3.43. The number of carbonyl (C=O) groups excluding carboxylic acids is 1. The van der Waals surface area contributed by atoms with E-state index in [-0.39, 0.29) is 0 Å². The molecule has 0 unspecified atom stereocenters. The average molecular weight is 302 g/mol. The van der Waals surface area contributed by atoms with Crippen molar-refractivity contribution in [1.82, 2.24) is 10.2 Å². The van der Waals surface area contributed by atoms with Crippen molar-refractivity contribution in [3.63, 3.8) is 0 Å². The second kappa shape index (κ2) is 7.14. The van der Waals surface area contributed by atoms with Crippen LogP contribution in [0, 0.1) is 11.8 Å². The van der Waals surface area contributed by atoms with Crippen molar-refractivity contribution in [2.75, 3.05) is 33.3 Å². The van der Waals surface area contributed by atoms with Crippen LogP contribution >= 0.6 is 0 Å². The summed E-state index contributed by atoms with van der Waals surface area (Å²) in [6.45, 7) is 4.11. The van der Waals surface area contributed by atoms with Gasteiger partial charge in [0.1, 0.15) is 5.75 Å². The summed E-state index contributed by atoms with van der Waals surface area (Å²) in [6, 6.07) is 7.97. The van der Waals surface area contributed by atoms with E-state index in [0.717, 1.165) is 68.6 Å². The molecule has 2 saturated heterocycles. The van der Waals surface area contributed by atoms with Crippen molar-refractivity contribution < 1.29 is 9.53 Å². The molecule has 1 amide bonds. The number of likely N-dealkylation sites (tertiary alicyclic amines) is 1. The molecule has 0 saturated carbocycles. The molecular formula is C18H26N2O2. The first kappa shape index (κ1) is 15.3. The molecular weight excluding hydrogens is 276 g/mol. The molecule has 1 aromatic rings. The number of ether oxygens (including phenoxy) is 1. The van der Waals surface area contributed by atoms with Crippen LogP contribution in [-0.2, 0) is 11.2 Å². The Balaban J connectivity index is 1.53. The Bertz CT molecular complexity index is 504. The Kier molecular flexibility index (Phi) is 4.98. The van der Waals surface area contributed by atoms with Crippen molar-refractivity contribution in [2.45, 2.75) is 25.7 Å². The third-order valence-electron chi connectivity index (χ3n) is 5.17. The van der Waals surface area contributed by atoms with E-state index < -0.39 is 0 Å². The molecule has 0 aliphatic carbocycles. The standard InChI is InChI=1S/C18H26N2O2/c1-22-17-5-3-2-4-14(17)6-7-18(21)20-10-8-15-12-19-13-16(15)9-11-20/h2-5,15-16,19H,6-13H2,1H3/t15-,16+. The molecule has 0 spiro atoms. The number of aryl methyl sites for hydroxylation is 1. The zero-order valence-corrected chi connectivity index (χ0v) is 13.4. The number of hydrogen-bond acceptors (Lipinski definition) is 3. The molecule has 2 atom stereocenters. The molecule has 1 N–H and O–H groups in total. The first-order valence-electron chi connectivity index (χ1n) is 8.38. The number of hydrogen-bond donors (Lipinski definition) is 1. The quantitative estimate of drug-likeness (QED) is 0.926. The van der Waals surface area contributed by atoms with Crippen molar-refractivity contribution in [3.05, 3.63) is 29.8 Å². The molecule has 2 fully saturated rings. The second-order valence-electron chi connectivity index (χ2n) is 6.45. The van der Waals surface area contributed by atoms with Crippen molar-refractivity contribution in [3.8, 4) is 5.75 Å². The van der Waals surface area contributed by atoms with Crippen LogP contribution in [0.3, 0.4) is 0 Å². The molecule has 2 aliphatic heterocycles. The summed E-state index contributed by atoms with van der Waals surface area (Å²) in [4.78, 5) is 14.6. The molecule has 1 aromatic carbocycles. The zero-order valence-electron chi connectivity index (χ0n) is 13.4. The lowest BCUT2D eigenvalue weighted by Crippen LogP contribution is -2.32. The Labute approximate surface area is 132 Å². The van der Waals surface area contributed by atoms with Crippen LogP contribution in [-0.4, -0.2) is 44.1 Å². The van der Waals surface area contributed by atoms with Gasteiger partial charge in [0.05, 0.1) is 7.11 Å². The lowest BCUT2D eigenvalue weighted by molar-refractivity contribution is -0.131. The van der Waals surface area contributed by atoms with E-state index in [4.69, 9.17) is 4.74 Å². The van der Waals surface area contributed by atoms with Crippen LogP contribution in [0.4, 0.5) is 0 Å². The highest BCUT2D eigenvalue weighted by atomic mass is 16.5. The van der Waals surface area contributed by atoms with Gasteiger partial charge in [0.15, 0.2) is 0 Å². The number of para-hydroxylation sites is 1. The van der Waals surface area contributed by atoms with Gasteiger partial charge < -0.3 is 15.0 Å². The number of rotatable bonds is 4. The van der Waals surface area contributed by atoms with Gasteiger partial charge in [0, 0.05) is 19.5 Å². The molecule has 4 heteroatoms. The lowest BCUT2D eigenvalue weighted by Gasteiger charge is -2.21. The fourth-order valence-electron chi connectivity index (χ4n) is 3.78. The Morgan fingerprint density at radius 3 is 2.59 bits per heavy atom. The average Bonchev–Trinajstić information content (AvgIpc) is 2.91. The van der Waals surface area contributed by atoms with Gasteiger partial charge in [-0.25, -0.2) is 0 Å². The SMILES string of the molecule is COc1ccccc1CCC(=O)N1CC[C@@H]2CNC[C@@H]2CC1. The molecule has 2 heterocycles. The number of carbonyl (C=O) groups is 1. The number of methoxy groups -OCH3 is 1. The smallest absolute Gasteiger partial charge is 0.222 e. The highest BCUT2D eigenvalue weighted by Gasteiger charge is 2.31. The van der Waals surface area contributed by atoms with Gasteiger partial charge in [-0.15, -0.1) is 0 Å². The summed E-state index contributed by atoms with van der Waals surface area (Å²) < 4.78 is 5.36. The minimum absolute atomic E-state index is 0.291. The Hall–Kier alpha value is -1.55. The van der Waals surface area contributed by atoms with Gasteiger partial charge in [-0.2, -0.15) is 0 Å². The minimum Gasteiger partial charge on any atom is -0.496 e. The maximum absolute atomic E-state index is 12.5. The second-order valence-corrected chi connectivity index (χ2v) is 6.45. The van der Waals surface area contributed by atoms with Gasteiger partial charge in [0.25, 0.3) is 0 Å². The summed E-state index contributed by atoms with van der Waals surface area (Å²) in [7, 11) is 1.68. The minimum atomic E-state index is 0.291. The van der Waals surface area contributed by atoms with E-state index in [1.54, 1.807) is 7.11 Å². The molecule has 0 aromatic heterocycles. The zero-order chi connectivity index (χ0) is 15.4. The van der Waals surface area contributed by atoms with E-state index in [1.165, 1.54) is 0 Å². The Morgan fingerprint density at radius 1 is 1.23 bits per heavy atom. The topological polar surface area (TPSA) is 41.6 Å². The molecule has 2 aliphatic rings. The first-order valence-corrected chi connectivity index (χ1v) is 8.38. The van der Waals surface area contributed by atoms with Gasteiger partial charge in [-0.1, -0.05) is 18.2 Å². The molecule has 0 bridgehead atoms. The van der Waals surface area contributed by atoms with Crippen LogP contribution in [0.5, 0.6) is 5.75 Å².